The average Bonchev–Trinajstić information content (AvgIpc) is 3.64. The molecule has 0 radical (unpaired) electrons. The van der Waals surface area contributed by atoms with Crippen molar-refractivity contribution in [2.24, 2.45) is 5.10 Å². The highest BCUT2D eigenvalue weighted by Crippen LogP contribution is 2.37. The van der Waals surface area contributed by atoms with E-state index in [1.54, 1.807) is 24.3 Å². The molecule has 0 bridgehead atoms. The zero-order valence-electron chi connectivity index (χ0n) is 29.9. The largest absolute Gasteiger partial charge is 0.507 e. The van der Waals surface area contributed by atoms with Gasteiger partial charge >= 0.3 is 18.4 Å². The summed E-state index contributed by atoms with van der Waals surface area (Å²) in [6.07, 6.45) is -8.73. The maximum absolute atomic E-state index is 13.2. The van der Waals surface area contributed by atoms with Crippen LogP contribution in [-0.4, -0.2) is 70.8 Å². The second kappa shape index (κ2) is 17.9. The minimum atomic E-state index is -5.05. The van der Waals surface area contributed by atoms with Crippen molar-refractivity contribution in [3.63, 3.8) is 0 Å². The van der Waals surface area contributed by atoms with Gasteiger partial charge in [0.2, 0.25) is 0 Å². The molecule has 1 aromatic heterocycles. The predicted molar refractivity (Wildman–Crippen MR) is 203 cm³/mol. The van der Waals surface area contributed by atoms with E-state index < -0.39 is 35.2 Å². The van der Waals surface area contributed by atoms with Crippen LogP contribution >= 0.6 is 11.3 Å². The SMILES string of the molecule is O=C(CN1CCN(Cc2csc(-c3ccc(NC(=O)Nc4cc(C(F)(F)F)cc(C(F)(F)F)c4)cc3)n2)CC1)N/N=C/c1cc(OCc2ccccc2)ccc1O. The fourth-order valence-electron chi connectivity index (χ4n) is 5.74. The number of rotatable bonds is 12. The van der Waals surface area contributed by atoms with E-state index in [1.807, 2.05) is 45.9 Å². The summed E-state index contributed by atoms with van der Waals surface area (Å²) in [4.78, 5) is 34.0. The number of nitrogens with zero attached hydrogens (tertiary/aromatic N) is 4. The topological polar surface area (TPSA) is 131 Å². The van der Waals surface area contributed by atoms with E-state index in [2.05, 4.69) is 20.7 Å². The molecule has 2 heterocycles. The molecule has 0 atom stereocenters. The molecule has 1 aliphatic heterocycles. The number of aromatic hydroxyl groups is 1. The predicted octanol–water partition coefficient (Wildman–Crippen LogP) is 8.04. The molecule has 1 fully saturated rings. The van der Waals surface area contributed by atoms with Crippen molar-refractivity contribution < 1.29 is 45.8 Å². The quantitative estimate of drug-likeness (QED) is 0.0570. The number of hydrogen-bond acceptors (Lipinski definition) is 9. The monoisotopic (exact) mass is 811 g/mol. The number of carbonyl (C=O) groups excluding carboxylic acids is 2. The lowest BCUT2D eigenvalue weighted by atomic mass is 10.1. The lowest BCUT2D eigenvalue weighted by Crippen LogP contribution is -2.48. The number of hydrogen-bond donors (Lipinski definition) is 4. The highest BCUT2D eigenvalue weighted by Gasteiger charge is 2.37. The van der Waals surface area contributed by atoms with E-state index in [-0.39, 0.29) is 30.0 Å². The molecule has 11 nitrogen and oxygen atoms in total. The van der Waals surface area contributed by atoms with Crippen LogP contribution in [0.15, 0.2) is 101 Å². The van der Waals surface area contributed by atoms with Gasteiger partial charge in [0.1, 0.15) is 23.1 Å². The van der Waals surface area contributed by atoms with Crippen molar-refractivity contribution in [1.82, 2.24) is 20.2 Å². The summed E-state index contributed by atoms with van der Waals surface area (Å²) in [5.41, 5.74) is 1.98. The number of aromatic nitrogens is 1. The van der Waals surface area contributed by atoms with Gasteiger partial charge in [0, 0.05) is 60.6 Å². The van der Waals surface area contributed by atoms with Gasteiger partial charge in [-0.2, -0.15) is 31.4 Å². The molecule has 0 spiro atoms. The lowest BCUT2D eigenvalue weighted by molar-refractivity contribution is -0.143. The third kappa shape index (κ3) is 11.8. The second-order valence-electron chi connectivity index (χ2n) is 12.9. The van der Waals surface area contributed by atoms with Crippen molar-refractivity contribution in [3.05, 3.63) is 124 Å². The molecule has 4 aromatic carbocycles. The first-order valence-electron chi connectivity index (χ1n) is 17.4. The van der Waals surface area contributed by atoms with Crippen LogP contribution in [0.2, 0.25) is 0 Å². The van der Waals surface area contributed by atoms with Crippen LogP contribution in [0.25, 0.3) is 10.6 Å². The maximum atomic E-state index is 13.2. The van der Waals surface area contributed by atoms with Gasteiger partial charge in [-0.1, -0.05) is 30.3 Å². The Hall–Kier alpha value is -5.98. The normalized spacial score (nSPS) is 14.1. The molecule has 57 heavy (non-hydrogen) atoms. The zero-order chi connectivity index (χ0) is 40.6. The van der Waals surface area contributed by atoms with Gasteiger partial charge in [-0.15, -0.1) is 11.3 Å². The minimum Gasteiger partial charge on any atom is -0.507 e. The first-order valence-corrected chi connectivity index (χ1v) is 18.2. The van der Waals surface area contributed by atoms with E-state index in [4.69, 9.17) is 9.72 Å². The summed E-state index contributed by atoms with van der Waals surface area (Å²) in [6.45, 7) is 3.80. The number of urea groups is 1. The van der Waals surface area contributed by atoms with Crippen molar-refractivity contribution >= 4 is 40.9 Å². The number of phenolic OH excluding ortho intramolecular Hbond substituents is 1. The molecular formula is C39H35F6N7O4S. The van der Waals surface area contributed by atoms with Gasteiger partial charge in [-0.25, -0.2) is 15.2 Å². The summed E-state index contributed by atoms with van der Waals surface area (Å²) < 4.78 is 84.8. The van der Waals surface area contributed by atoms with E-state index in [9.17, 15) is 41.0 Å². The van der Waals surface area contributed by atoms with Crippen molar-refractivity contribution in [3.8, 4) is 22.1 Å². The number of benzene rings is 4. The molecular weight excluding hydrogens is 777 g/mol. The van der Waals surface area contributed by atoms with Crippen LogP contribution in [0.1, 0.15) is 27.9 Å². The van der Waals surface area contributed by atoms with Gasteiger partial charge in [0.15, 0.2) is 0 Å². The number of nitrogens with one attached hydrogen (secondary N) is 3. The third-order valence-corrected chi connectivity index (χ3v) is 9.59. The Kier molecular flexibility index (Phi) is 12.8. The smallest absolute Gasteiger partial charge is 0.416 e. The van der Waals surface area contributed by atoms with Crippen LogP contribution in [0.3, 0.4) is 0 Å². The van der Waals surface area contributed by atoms with E-state index in [0.29, 0.717) is 67.8 Å². The molecule has 4 N–H and O–H groups in total. The van der Waals surface area contributed by atoms with Gasteiger partial charge in [0.05, 0.1) is 29.6 Å². The summed E-state index contributed by atoms with van der Waals surface area (Å²) in [7, 11) is 0. The lowest BCUT2D eigenvalue weighted by Gasteiger charge is -2.33. The molecule has 0 aliphatic carbocycles. The van der Waals surface area contributed by atoms with Crippen molar-refractivity contribution in [2.75, 3.05) is 43.4 Å². The Morgan fingerprint density at radius 3 is 2.14 bits per heavy atom. The Labute approximate surface area is 326 Å². The first-order chi connectivity index (χ1) is 27.2. The molecule has 1 saturated heterocycles. The number of piperazine rings is 1. The van der Waals surface area contributed by atoms with Gasteiger partial charge in [-0.05, 0) is 66.2 Å². The molecule has 0 unspecified atom stereocenters. The van der Waals surface area contributed by atoms with E-state index in [0.717, 1.165) is 16.8 Å². The third-order valence-electron chi connectivity index (χ3n) is 8.64. The number of alkyl halides is 6. The van der Waals surface area contributed by atoms with Crippen molar-refractivity contribution in [1.29, 1.82) is 0 Å². The summed E-state index contributed by atoms with van der Waals surface area (Å²) in [6, 6.07) is 20.7. The molecule has 18 heteroatoms. The standard InChI is InChI=1S/C39H35F6N7O4S/c40-38(41,42)28-17-29(39(43,44)45)19-31(18-28)49-37(55)48-30-8-6-26(7-9-30)36-47-32(24-57-36)21-51-12-14-52(15-13-51)22-35(54)50-46-20-27-16-33(10-11-34(27)53)56-23-25-4-2-1-3-5-25/h1-11,16-20,24,53H,12-15,21-23H2,(H,50,54)(H2,48,49,55)/b46-20+. The highest BCUT2D eigenvalue weighted by atomic mass is 32.1. The number of phenols is 1. The zero-order valence-corrected chi connectivity index (χ0v) is 30.7. The fraction of sp³-hybridized carbons (Fsp3) is 0.231. The minimum absolute atomic E-state index is 0.00424. The summed E-state index contributed by atoms with van der Waals surface area (Å²) in [5.74, 6) is 0.247. The van der Waals surface area contributed by atoms with Gasteiger partial charge in [0.25, 0.3) is 5.91 Å². The Bertz CT molecular complexity index is 2160. The average molecular weight is 812 g/mol. The number of anilines is 2. The van der Waals surface area contributed by atoms with E-state index in [1.165, 1.54) is 35.8 Å². The van der Waals surface area contributed by atoms with Crippen LogP contribution in [0.4, 0.5) is 42.5 Å². The van der Waals surface area contributed by atoms with Crippen molar-refractivity contribution in [2.45, 2.75) is 25.5 Å². The number of thiazole rings is 1. The van der Waals surface area contributed by atoms with E-state index >= 15 is 0 Å². The van der Waals surface area contributed by atoms with Gasteiger partial charge < -0.3 is 20.5 Å². The molecule has 5 aromatic rings. The molecule has 6 rings (SSSR count). The van der Waals surface area contributed by atoms with Crippen LogP contribution in [-0.2, 0) is 30.3 Å². The maximum Gasteiger partial charge on any atom is 0.416 e. The number of carbonyl (C=O) groups is 2. The molecule has 298 valence electrons. The van der Waals surface area contributed by atoms with Crippen LogP contribution in [0.5, 0.6) is 11.5 Å². The summed E-state index contributed by atoms with van der Waals surface area (Å²) in [5, 5.41) is 21.3. The Morgan fingerprint density at radius 1 is 0.825 bits per heavy atom. The Morgan fingerprint density at radius 2 is 1.47 bits per heavy atom. The fourth-order valence-corrected chi connectivity index (χ4v) is 6.56. The Balaban J connectivity index is 0.929. The second-order valence-corrected chi connectivity index (χ2v) is 13.8. The highest BCUT2D eigenvalue weighted by molar-refractivity contribution is 7.13. The number of amides is 3. The molecule has 1 aliphatic rings. The van der Waals surface area contributed by atoms with Gasteiger partial charge in [-0.3, -0.25) is 14.6 Å². The number of ether oxygens (including phenoxy) is 1. The number of halogens is 6. The molecule has 0 saturated carbocycles. The molecule has 3 amide bonds. The number of hydrazone groups is 1. The first kappa shape index (κ1) is 40.7. The van der Waals surface area contributed by atoms with Crippen LogP contribution in [0, 0.1) is 0 Å². The summed E-state index contributed by atoms with van der Waals surface area (Å²) >= 11 is 1.42. The van der Waals surface area contributed by atoms with Crippen LogP contribution < -0.4 is 20.8 Å².